The summed E-state index contributed by atoms with van der Waals surface area (Å²) in [7, 11) is 0. The summed E-state index contributed by atoms with van der Waals surface area (Å²) in [4.78, 5) is 11.5. The lowest BCUT2D eigenvalue weighted by atomic mass is 9.45. The summed E-state index contributed by atoms with van der Waals surface area (Å²) in [5, 5.41) is 9.43. The molecule has 7 atom stereocenters. The SMILES string of the molecule is CC(=O)OC1CCC2C3CC[C@H]4CC=C(C#N)CC4(C)C3CCC12C. The van der Waals surface area contributed by atoms with Crippen molar-refractivity contribution in [1.82, 2.24) is 0 Å². The topological polar surface area (TPSA) is 50.1 Å². The number of allylic oxidation sites excluding steroid dienone is 2. The second-order valence-electron chi connectivity index (χ2n) is 9.63. The molecule has 25 heavy (non-hydrogen) atoms. The molecule has 0 saturated heterocycles. The summed E-state index contributed by atoms with van der Waals surface area (Å²) < 4.78 is 5.74. The molecule has 4 aliphatic carbocycles. The van der Waals surface area contributed by atoms with E-state index in [1.54, 1.807) is 6.92 Å². The van der Waals surface area contributed by atoms with E-state index in [2.05, 4.69) is 26.0 Å². The molecule has 0 aliphatic heterocycles. The maximum absolute atomic E-state index is 11.5. The lowest BCUT2D eigenvalue weighted by Crippen LogP contribution is -2.53. The molecule has 3 fully saturated rings. The molecular formula is C22H31NO2. The molecule has 0 aromatic rings. The van der Waals surface area contributed by atoms with E-state index in [9.17, 15) is 10.1 Å². The first kappa shape index (κ1) is 17.1. The van der Waals surface area contributed by atoms with E-state index in [1.165, 1.54) is 32.1 Å². The van der Waals surface area contributed by atoms with Crippen molar-refractivity contribution >= 4 is 5.97 Å². The van der Waals surface area contributed by atoms with Crippen LogP contribution < -0.4 is 0 Å². The fourth-order valence-corrected chi connectivity index (χ4v) is 7.40. The Morgan fingerprint density at radius 3 is 2.64 bits per heavy atom. The molecule has 0 radical (unpaired) electrons. The van der Waals surface area contributed by atoms with E-state index in [0.717, 1.165) is 42.6 Å². The van der Waals surface area contributed by atoms with E-state index < -0.39 is 0 Å². The quantitative estimate of drug-likeness (QED) is 0.629. The molecule has 4 rings (SSSR count). The largest absolute Gasteiger partial charge is 0.462 e. The van der Waals surface area contributed by atoms with Crippen LogP contribution in [0.3, 0.4) is 0 Å². The second-order valence-corrected chi connectivity index (χ2v) is 9.63. The average molecular weight is 341 g/mol. The maximum Gasteiger partial charge on any atom is 0.302 e. The summed E-state index contributed by atoms with van der Waals surface area (Å²) in [6.45, 7) is 6.40. The van der Waals surface area contributed by atoms with Gasteiger partial charge in [-0.15, -0.1) is 0 Å². The zero-order valence-corrected chi connectivity index (χ0v) is 15.9. The Balaban J connectivity index is 1.61. The molecule has 0 aromatic heterocycles. The highest BCUT2D eigenvalue weighted by Crippen LogP contribution is 2.66. The van der Waals surface area contributed by atoms with Gasteiger partial charge in [-0.1, -0.05) is 19.9 Å². The molecule has 4 aliphatic rings. The van der Waals surface area contributed by atoms with Gasteiger partial charge in [-0.2, -0.15) is 5.26 Å². The molecule has 0 spiro atoms. The number of carbonyl (C=O) groups excluding carboxylic acids is 1. The molecule has 3 heteroatoms. The molecular weight excluding hydrogens is 310 g/mol. The van der Waals surface area contributed by atoms with Crippen molar-refractivity contribution in [2.75, 3.05) is 0 Å². The molecule has 136 valence electrons. The van der Waals surface area contributed by atoms with Crippen LogP contribution in [0.15, 0.2) is 11.6 Å². The number of ether oxygens (including phenoxy) is 1. The van der Waals surface area contributed by atoms with Gasteiger partial charge in [0.2, 0.25) is 0 Å². The number of fused-ring (bicyclic) bond motifs is 5. The lowest BCUT2D eigenvalue weighted by molar-refractivity contribution is -0.159. The molecule has 6 unspecified atom stereocenters. The van der Waals surface area contributed by atoms with Crippen molar-refractivity contribution in [1.29, 1.82) is 5.26 Å². The number of hydrogen-bond donors (Lipinski definition) is 0. The van der Waals surface area contributed by atoms with Crippen LogP contribution in [0.2, 0.25) is 0 Å². The van der Waals surface area contributed by atoms with Crippen molar-refractivity contribution in [3.8, 4) is 6.07 Å². The van der Waals surface area contributed by atoms with E-state index >= 15 is 0 Å². The highest BCUT2D eigenvalue weighted by atomic mass is 16.5. The van der Waals surface area contributed by atoms with Crippen LogP contribution in [0, 0.1) is 45.8 Å². The molecule has 0 aromatic carbocycles. The first-order valence-electron chi connectivity index (χ1n) is 10.1. The van der Waals surface area contributed by atoms with Gasteiger partial charge < -0.3 is 4.74 Å². The van der Waals surface area contributed by atoms with Gasteiger partial charge in [0.15, 0.2) is 0 Å². The summed E-state index contributed by atoms with van der Waals surface area (Å²) in [5.74, 6) is 2.79. The maximum atomic E-state index is 11.5. The molecule has 0 amide bonds. The molecule has 0 bridgehead atoms. The van der Waals surface area contributed by atoms with Crippen LogP contribution in [0.25, 0.3) is 0 Å². The highest BCUT2D eigenvalue weighted by molar-refractivity contribution is 5.66. The summed E-state index contributed by atoms with van der Waals surface area (Å²) in [5.41, 5.74) is 1.47. The van der Waals surface area contributed by atoms with Gasteiger partial charge in [-0.3, -0.25) is 4.79 Å². The van der Waals surface area contributed by atoms with Crippen LogP contribution in [-0.4, -0.2) is 12.1 Å². The highest BCUT2D eigenvalue weighted by Gasteiger charge is 2.60. The minimum Gasteiger partial charge on any atom is -0.462 e. The summed E-state index contributed by atoms with van der Waals surface area (Å²) >= 11 is 0. The van der Waals surface area contributed by atoms with Crippen molar-refractivity contribution in [2.45, 2.75) is 78.2 Å². The zero-order valence-electron chi connectivity index (χ0n) is 15.9. The Hall–Kier alpha value is -1.30. The van der Waals surface area contributed by atoms with Gasteiger partial charge in [0, 0.05) is 17.9 Å². The Morgan fingerprint density at radius 2 is 1.92 bits per heavy atom. The van der Waals surface area contributed by atoms with Crippen molar-refractivity contribution in [3.05, 3.63) is 11.6 Å². The van der Waals surface area contributed by atoms with Crippen LogP contribution in [0.4, 0.5) is 0 Å². The smallest absolute Gasteiger partial charge is 0.302 e. The first-order chi connectivity index (χ1) is 11.9. The van der Waals surface area contributed by atoms with E-state index in [1.807, 2.05) is 0 Å². The number of esters is 1. The third kappa shape index (κ3) is 2.47. The zero-order chi connectivity index (χ0) is 17.8. The molecule has 0 heterocycles. The Morgan fingerprint density at radius 1 is 1.16 bits per heavy atom. The Labute approximate surface area is 151 Å². The van der Waals surface area contributed by atoms with Gasteiger partial charge in [0.1, 0.15) is 6.10 Å². The number of nitrogens with zero attached hydrogens (tertiary/aromatic N) is 1. The molecule has 3 saturated carbocycles. The summed E-state index contributed by atoms with van der Waals surface area (Å²) in [6, 6.07) is 2.44. The van der Waals surface area contributed by atoms with Gasteiger partial charge in [-0.05, 0) is 80.5 Å². The Kier molecular flexibility index (Phi) is 4.02. The van der Waals surface area contributed by atoms with Crippen LogP contribution in [-0.2, 0) is 9.53 Å². The summed E-state index contributed by atoms with van der Waals surface area (Å²) in [6.07, 6.45) is 11.7. The predicted octanol–water partition coefficient (Wildman–Crippen LogP) is 5.02. The molecule has 3 nitrogen and oxygen atoms in total. The van der Waals surface area contributed by atoms with E-state index in [-0.39, 0.29) is 17.5 Å². The first-order valence-corrected chi connectivity index (χ1v) is 10.1. The number of hydrogen-bond acceptors (Lipinski definition) is 3. The van der Waals surface area contributed by atoms with Gasteiger partial charge in [-0.25, -0.2) is 0 Å². The van der Waals surface area contributed by atoms with E-state index in [4.69, 9.17) is 4.74 Å². The standard InChI is InChI=1S/C22H31NO2/c1-14(24)25-20-9-8-18-17-7-6-16-5-4-15(13-23)12-22(16,3)19(17)10-11-21(18,20)2/h4,16-20H,5-12H2,1-3H3/t16-,17?,18?,19?,20?,21?,22?/m1/s1. The van der Waals surface area contributed by atoms with E-state index in [0.29, 0.717) is 11.3 Å². The fourth-order valence-electron chi connectivity index (χ4n) is 7.40. The number of rotatable bonds is 1. The monoisotopic (exact) mass is 341 g/mol. The lowest BCUT2D eigenvalue weighted by Gasteiger charge is -2.59. The van der Waals surface area contributed by atoms with Crippen LogP contribution in [0.1, 0.15) is 72.1 Å². The third-order valence-corrected chi connectivity index (χ3v) is 8.65. The van der Waals surface area contributed by atoms with Gasteiger partial charge >= 0.3 is 5.97 Å². The minimum atomic E-state index is -0.124. The number of nitriles is 1. The van der Waals surface area contributed by atoms with Crippen LogP contribution in [0.5, 0.6) is 0 Å². The molecule has 0 N–H and O–H groups in total. The fraction of sp³-hybridized carbons (Fsp3) is 0.818. The van der Waals surface area contributed by atoms with Crippen molar-refractivity contribution < 1.29 is 9.53 Å². The van der Waals surface area contributed by atoms with Crippen molar-refractivity contribution in [3.63, 3.8) is 0 Å². The van der Waals surface area contributed by atoms with Crippen LogP contribution >= 0.6 is 0 Å². The average Bonchev–Trinajstić information content (AvgIpc) is 2.90. The van der Waals surface area contributed by atoms with Gasteiger partial charge in [0.05, 0.1) is 6.07 Å². The van der Waals surface area contributed by atoms with Crippen molar-refractivity contribution in [2.24, 2.45) is 34.5 Å². The minimum absolute atomic E-state index is 0.113. The predicted molar refractivity (Wildman–Crippen MR) is 96.4 cm³/mol. The number of carbonyl (C=O) groups is 1. The second kappa shape index (κ2) is 5.86. The van der Waals surface area contributed by atoms with Gasteiger partial charge in [0.25, 0.3) is 0 Å². The Bertz CT molecular complexity index is 647. The third-order valence-electron chi connectivity index (χ3n) is 8.65. The normalized spacial score (nSPS) is 48.4.